The van der Waals surface area contributed by atoms with Gasteiger partial charge in [-0.3, -0.25) is 0 Å². The molecule has 0 bridgehead atoms. The average Bonchev–Trinajstić information content (AvgIpc) is 2.61. The maximum Gasteiger partial charge on any atom is 0.161 e. The summed E-state index contributed by atoms with van der Waals surface area (Å²) < 4.78 is 11.4. The molecule has 0 spiro atoms. The van der Waals surface area contributed by atoms with E-state index in [0.29, 0.717) is 13.2 Å². The van der Waals surface area contributed by atoms with Crippen molar-refractivity contribution in [2.24, 2.45) is 0 Å². The molecule has 0 radical (unpaired) electrons. The third-order valence-electron chi connectivity index (χ3n) is 3.18. The fourth-order valence-corrected chi connectivity index (χ4v) is 2.32. The predicted molar refractivity (Wildman–Crippen MR) is 76.6 cm³/mol. The van der Waals surface area contributed by atoms with Crippen LogP contribution >= 0.6 is 0 Å². The van der Waals surface area contributed by atoms with Crippen molar-refractivity contribution in [1.82, 2.24) is 0 Å². The fourth-order valence-electron chi connectivity index (χ4n) is 2.32. The zero-order valence-electron chi connectivity index (χ0n) is 11.0. The molecule has 3 rings (SSSR count). The smallest absolute Gasteiger partial charge is 0.161 e. The molecule has 1 heterocycles. The van der Waals surface area contributed by atoms with Crippen molar-refractivity contribution in [3.8, 4) is 22.6 Å². The summed E-state index contributed by atoms with van der Waals surface area (Å²) in [6, 6.07) is 12.1. The van der Waals surface area contributed by atoms with Gasteiger partial charge >= 0.3 is 0 Å². The van der Waals surface area contributed by atoms with E-state index < -0.39 is 0 Å². The van der Waals surface area contributed by atoms with Gasteiger partial charge in [0, 0.05) is 12.1 Å². The zero-order chi connectivity index (χ0) is 13.2. The summed E-state index contributed by atoms with van der Waals surface area (Å²) in [4.78, 5) is 0. The van der Waals surface area contributed by atoms with Crippen LogP contribution in [0, 0.1) is 6.92 Å². The van der Waals surface area contributed by atoms with E-state index in [9.17, 15) is 0 Å². The lowest BCUT2D eigenvalue weighted by Gasteiger charge is -2.10. The summed E-state index contributed by atoms with van der Waals surface area (Å²) in [6.07, 6.45) is 0.918. The molecule has 0 fully saturated rings. The highest BCUT2D eigenvalue weighted by atomic mass is 16.5. The number of nitrogens with two attached hydrogens (primary N) is 1. The molecule has 2 N–H and O–H groups in total. The van der Waals surface area contributed by atoms with Crippen molar-refractivity contribution in [3.63, 3.8) is 0 Å². The minimum absolute atomic E-state index is 0.701. The molecule has 0 amide bonds. The number of rotatable bonds is 1. The Labute approximate surface area is 113 Å². The highest BCUT2D eigenvalue weighted by molar-refractivity contribution is 5.71. The van der Waals surface area contributed by atoms with Crippen LogP contribution in [0.25, 0.3) is 11.1 Å². The Balaban J connectivity index is 2.03. The molecule has 19 heavy (non-hydrogen) atoms. The standard InChI is InChI=1S/C16H17NO2/c1-11-7-13(9-14(17)8-11)12-3-4-15-16(10-12)19-6-2-5-18-15/h3-4,7-10H,2,5-6,17H2,1H3. The maximum atomic E-state index is 5.90. The van der Waals surface area contributed by atoms with Gasteiger partial charge in [0.25, 0.3) is 0 Å². The largest absolute Gasteiger partial charge is 0.490 e. The van der Waals surface area contributed by atoms with E-state index >= 15 is 0 Å². The second-order valence-electron chi connectivity index (χ2n) is 4.84. The van der Waals surface area contributed by atoms with Crippen molar-refractivity contribution >= 4 is 5.69 Å². The van der Waals surface area contributed by atoms with Crippen molar-refractivity contribution in [1.29, 1.82) is 0 Å². The van der Waals surface area contributed by atoms with E-state index in [1.54, 1.807) is 0 Å². The van der Waals surface area contributed by atoms with Gasteiger partial charge in [0.1, 0.15) is 0 Å². The van der Waals surface area contributed by atoms with Crippen molar-refractivity contribution in [3.05, 3.63) is 42.0 Å². The van der Waals surface area contributed by atoms with Crippen LogP contribution < -0.4 is 15.2 Å². The molecule has 2 aromatic rings. The minimum Gasteiger partial charge on any atom is -0.490 e. The van der Waals surface area contributed by atoms with Gasteiger partial charge in [0.05, 0.1) is 13.2 Å². The molecule has 98 valence electrons. The average molecular weight is 255 g/mol. The molecular formula is C16H17NO2. The van der Waals surface area contributed by atoms with Crippen molar-refractivity contribution < 1.29 is 9.47 Å². The number of anilines is 1. The molecule has 0 aliphatic carbocycles. The van der Waals surface area contributed by atoms with Crippen molar-refractivity contribution in [2.45, 2.75) is 13.3 Å². The number of aryl methyl sites for hydroxylation is 1. The van der Waals surface area contributed by atoms with Gasteiger partial charge in [-0.25, -0.2) is 0 Å². The first-order valence-electron chi connectivity index (χ1n) is 6.49. The number of fused-ring (bicyclic) bond motifs is 1. The summed E-state index contributed by atoms with van der Waals surface area (Å²) in [5.41, 5.74) is 10.0. The lowest BCUT2D eigenvalue weighted by molar-refractivity contribution is 0.297. The SMILES string of the molecule is Cc1cc(N)cc(-c2ccc3c(c2)OCCCO3)c1. The second kappa shape index (κ2) is 4.84. The quantitative estimate of drug-likeness (QED) is 0.794. The van der Waals surface area contributed by atoms with Crippen LogP contribution in [0.3, 0.4) is 0 Å². The van der Waals surface area contributed by atoms with Gasteiger partial charge in [0.15, 0.2) is 11.5 Å². The minimum atomic E-state index is 0.701. The first-order chi connectivity index (χ1) is 9.22. The summed E-state index contributed by atoms with van der Waals surface area (Å²) in [7, 11) is 0. The van der Waals surface area contributed by atoms with Gasteiger partial charge in [-0.1, -0.05) is 12.1 Å². The molecule has 0 saturated carbocycles. The number of hydrogen-bond acceptors (Lipinski definition) is 3. The summed E-state index contributed by atoms with van der Waals surface area (Å²) in [5.74, 6) is 1.64. The van der Waals surface area contributed by atoms with E-state index in [1.165, 1.54) is 0 Å². The molecule has 0 aromatic heterocycles. The Morgan fingerprint density at radius 3 is 2.47 bits per heavy atom. The molecule has 0 atom stereocenters. The Hall–Kier alpha value is -2.16. The van der Waals surface area contributed by atoms with Crippen LogP contribution in [0.1, 0.15) is 12.0 Å². The first kappa shape index (κ1) is 11.9. The second-order valence-corrected chi connectivity index (χ2v) is 4.84. The zero-order valence-corrected chi connectivity index (χ0v) is 11.0. The summed E-state index contributed by atoms with van der Waals surface area (Å²) in [5, 5.41) is 0. The van der Waals surface area contributed by atoms with Gasteiger partial charge in [0.2, 0.25) is 0 Å². The fraction of sp³-hybridized carbons (Fsp3) is 0.250. The third-order valence-corrected chi connectivity index (χ3v) is 3.18. The molecule has 3 heteroatoms. The Kier molecular flexibility index (Phi) is 3.03. The number of benzene rings is 2. The Bertz CT molecular complexity index is 587. The maximum absolute atomic E-state index is 5.90. The Morgan fingerprint density at radius 1 is 0.895 bits per heavy atom. The highest BCUT2D eigenvalue weighted by Crippen LogP contribution is 2.34. The Morgan fingerprint density at radius 2 is 1.68 bits per heavy atom. The lowest BCUT2D eigenvalue weighted by atomic mass is 10.0. The van der Waals surface area contributed by atoms with E-state index in [2.05, 4.69) is 6.07 Å². The summed E-state index contributed by atoms with van der Waals surface area (Å²) in [6.45, 7) is 3.46. The molecule has 0 unspecified atom stereocenters. The topological polar surface area (TPSA) is 44.5 Å². The predicted octanol–water partition coefficient (Wildman–Crippen LogP) is 3.41. The third kappa shape index (κ3) is 2.50. The molecular weight excluding hydrogens is 238 g/mol. The lowest BCUT2D eigenvalue weighted by Crippen LogP contribution is -1.97. The van der Waals surface area contributed by atoms with Crippen LogP contribution in [0.15, 0.2) is 36.4 Å². The van der Waals surface area contributed by atoms with Crippen LogP contribution in [-0.2, 0) is 0 Å². The molecule has 1 aliphatic rings. The van der Waals surface area contributed by atoms with Crippen LogP contribution in [0.4, 0.5) is 5.69 Å². The van der Waals surface area contributed by atoms with Gasteiger partial charge in [-0.05, 0) is 47.9 Å². The van der Waals surface area contributed by atoms with E-state index in [4.69, 9.17) is 15.2 Å². The van der Waals surface area contributed by atoms with Gasteiger partial charge < -0.3 is 15.2 Å². The van der Waals surface area contributed by atoms with Crippen molar-refractivity contribution in [2.75, 3.05) is 18.9 Å². The molecule has 0 saturated heterocycles. The monoisotopic (exact) mass is 255 g/mol. The van der Waals surface area contributed by atoms with E-state index in [1.807, 2.05) is 37.3 Å². The highest BCUT2D eigenvalue weighted by Gasteiger charge is 2.11. The summed E-state index contributed by atoms with van der Waals surface area (Å²) >= 11 is 0. The first-order valence-corrected chi connectivity index (χ1v) is 6.49. The molecule has 1 aliphatic heterocycles. The molecule has 3 nitrogen and oxygen atoms in total. The molecule has 2 aromatic carbocycles. The van der Waals surface area contributed by atoms with Crippen LogP contribution in [-0.4, -0.2) is 13.2 Å². The number of ether oxygens (including phenoxy) is 2. The van der Waals surface area contributed by atoms with Crippen LogP contribution in [0.2, 0.25) is 0 Å². The van der Waals surface area contributed by atoms with Gasteiger partial charge in [-0.15, -0.1) is 0 Å². The number of hydrogen-bond donors (Lipinski definition) is 1. The van der Waals surface area contributed by atoms with E-state index in [-0.39, 0.29) is 0 Å². The normalized spacial score (nSPS) is 13.9. The van der Waals surface area contributed by atoms with Gasteiger partial charge in [-0.2, -0.15) is 0 Å². The van der Waals surface area contributed by atoms with Crippen LogP contribution in [0.5, 0.6) is 11.5 Å². The van der Waals surface area contributed by atoms with E-state index in [0.717, 1.165) is 40.3 Å². The number of nitrogen functional groups attached to an aromatic ring is 1.